The normalized spacial score (nSPS) is 12.0. The molecule has 0 spiro atoms. The Hall–Kier alpha value is -5.64. The second-order valence-electron chi connectivity index (χ2n) is 11.8. The summed E-state index contributed by atoms with van der Waals surface area (Å²) in [4.78, 5) is 10.7. The number of fused-ring (bicyclic) bond motifs is 13. The van der Waals surface area contributed by atoms with Crippen LogP contribution in [0.4, 0.5) is 0 Å². The van der Waals surface area contributed by atoms with Gasteiger partial charge in [0.1, 0.15) is 0 Å². The van der Waals surface area contributed by atoms with Crippen LogP contribution in [0.1, 0.15) is 0 Å². The molecule has 7 aromatic carbocycles. The van der Waals surface area contributed by atoms with Crippen LogP contribution in [0.2, 0.25) is 0 Å². The van der Waals surface area contributed by atoms with E-state index in [2.05, 4.69) is 146 Å². The summed E-state index contributed by atoms with van der Waals surface area (Å²) in [5.74, 6) is 0. The molecule has 45 heavy (non-hydrogen) atoms. The van der Waals surface area contributed by atoms with Gasteiger partial charge in [-0.15, -0.1) is 11.3 Å². The fourth-order valence-corrected chi connectivity index (χ4v) is 8.27. The van der Waals surface area contributed by atoms with E-state index in [0.717, 1.165) is 33.2 Å². The van der Waals surface area contributed by atoms with Crippen LogP contribution in [-0.4, -0.2) is 9.97 Å². The summed E-state index contributed by atoms with van der Waals surface area (Å²) < 4.78 is 2.55. The third-order valence-electron chi connectivity index (χ3n) is 9.21. The summed E-state index contributed by atoms with van der Waals surface area (Å²) >= 11 is 1.84. The third kappa shape index (κ3) is 3.75. The first kappa shape index (κ1) is 24.8. The van der Waals surface area contributed by atoms with Crippen LogP contribution in [0, 0.1) is 0 Å². The highest BCUT2D eigenvalue weighted by atomic mass is 32.1. The van der Waals surface area contributed by atoms with Gasteiger partial charge in [-0.3, -0.25) is 0 Å². The number of hydrogen-bond acceptors (Lipinski definition) is 3. The van der Waals surface area contributed by atoms with E-state index in [0.29, 0.717) is 0 Å². The van der Waals surface area contributed by atoms with Crippen molar-refractivity contribution < 1.29 is 0 Å². The zero-order valence-corrected chi connectivity index (χ0v) is 25.0. The molecule has 3 heteroatoms. The van der Waals surface area contributed by atoms with Crippen molar-refractivity contribution in [2.75, 3.05) is 0 Å². The van der Waals surface area contributed by atoms with E-state index in [1.54, 1.807) is 0 Å². The summed E-state index contributed by atoms with van der Waals surface area (Å²) in [7, 11) is 0. The largest absolute Gasteiger partial charge is 0.228 e. The molecular weight excluding hydrogens is 565 g/mol. The van der Waals surface area contributed by atoms with Gasteiger partial charge in [-0.25, -0.2) is 9.97 Å². The van der Waals surface area contributed by atoms with Gasteiger partial charge >= 0.3 is 0 Å². The highest BCUT2D eigenvalue weighted by Gasteiger charge is 2.14. The van der Waals surface area contributed by atoms with Crippen molar-refractivity contribution >= 4 is 96.5 Å². The van der Waals surface area contributed by atoms with E-state index < -0.39 is 0 Å². The Balaban J connectivity index is 1.48. The van der Waals surface area contributed by atoms with Crippen LogP contribution in [0.3, 0.4) is 0 Å². The molecule has 0 saturated heterocycles. The van der Waals surface area contributed by atoms with E-state index in [-0.39, 0.29) is 0 Å². The zero-order chi connectivity index (χ0) is 29.5. The van der Waals surface area contributed by atoms with Crippen molar-refractivity contribution in [2.45, 2.75) is 0 Å². The maximum atomic E-state index is 5.39. The molecule has 0 aliphatic heterocycles. The Morgan fingerprint density at radius 1 is 0.378 bits per heavy atom. The Morgan fingerprint density at radius 3 is 1.91 bits per heavy atom. The molecule has 0 radical (unpaired) electrons. The lowest BCUT2D eigenvalue weighted by Gasteiger charge is -2.09. The summed E-state index contributed by atoms with van der Waals surface area (Å²) in [6.45, 7) is 0. The van der Waals surface area contributed by atoms with Crippen LogP contribution >= 0.6 is 11.3 Å². The minimum absolute atomic E-state index is 0.740. The van der Waals surface area contributed by atoms with Crippen LogP contribution in [0.5, 0.6) is 0 Å². The SMILES string of the molecule is c1cc2cc(c1)c1ccccc1c1ccc3ccc4cccc(c5nc(-c6cccc7sc8ccccc8c67)cc2n5)c4c3c1. The maximum absolute atomic E-state index is 5.39. The molecule has 0 aliphatic carbocycles. The fourth-order valence-electron chi connectivity index (χ4n) is 7.14. The van der Waals surface area contributed by atoms with E-state index in [4.69, 9.17) is 9.97 Å². The van der Waals surface area contributed by atoms with Gasteiger partial charge < -0.3 is 0 Å². The summed E-state index contributed by atoms with van der Waals surface area (Å²) in [6.07, 6.45) is 0. The molecule has 0 fully saturated rings. The van der Waals surface area contributed by atoms with Gasteiger partial charge in [-0.05, 0) is 68.0 Å². The minimum atomic E-state index is 0.740. The molecule has 3 heterocycles. The minimum Gasteiger partial charge on any atom is -0.228 e. The quantitative estimate of drug-likeness (QED) is 0.178. The highest BCUT2D eigenvalue weighted by Crippen LogP contribution is 2.40. The van der Waals surface area contributed by atoms with Crippen molar-refractivity contribution in [1.29, 1.82) is 0 Å². The average Bonchev–Trinajstić information content (AvgIpc) is 3.50. The average molecular weight is 589 g/mol. The smallest absolute Gasteiger partial charge is 0.161 e. The number of hydrogen-bond donors (Lipinski definition) is 0. The van der Waals surface area contributed by atoms with Gasteiger partial charge in [0.25, 0.3) is 0 Å². The van der Waals surface area contributed by atoms with Gasteiger partial charge in [0.05, 0.1) is 11.2 Å². The first-order chi connectivity index (χ1) is 22.3. The molecule has 0 amide bonds. The lowest BCUT2D eigenvalue weighted by molar-refractivity contribution is 1.32. The summed E-state index contributed by atoms with van der Waals surface area (Å²) in [5.41, 5.74) is 3.72. The van der Waals surface area contributed by atoms with Crippen molar-refractivity contribution in [3.8, 4) is 11.3 Å². The maximum Gasteiger partial charge on any atom is 0.161 e. The molecule has 6 bridgehead atoms. The lowest BCUT2D eigenvalue weighted by Crippen LogP contribution is -1.91. The molecule has 208 valence electrons. The predicted octanol–water partition coefficient (Wildman–Crippen LogP) is 12.0. The zero-order valence-electron chi connectivity index (χ0n) is 24.2. The molecule has 0 atom stereocenters. The first-order valence-electron chi connectivity index (χ1n) is 15.2. The first-order valence-corrected chi connectivity index (χ1v) is 16.1. The van der Waals surface area contributed by atoms with Gasteiger partial charge in [0, 0.05) is 41.9 Å². The Morgan fingerprint density at radius 2 is 1.02 bits per heavy atom. The topological polar surface area (TPSA) is 25.8 Å². The number of thiophene rings is 1. The second kappa shape index (κ2) is 9.43. The van der Waals surface area contributed by atoms with Crippen LogP contribution in [-0.2, 0) is 0 Å². The number of aromatic nitrogens is 2. The van der Waals surface area contributed by atoms with Gasteiger partial charge in [-0.1, -0.05) is 115 Å². The Bertz CT molecular complexity index is 2880. The lowest BCUT2D eigenvalue weighted by atomic mass is 9.97. The summed E-state index contributed by atoms with van der Waals surface area (Å²) in [5, 5.41) is 14.2. The van der Waals surface area contributed by atoms with Gasteiger partial charge in [-0.2, -0.15) is 0 Å². The monoisotopic (exact) mass is 588 g/mol. The van der Waals surface area contributed by atoms with Crippen molar-refractivity contribution in [2.24, 2.45) is 0 Å². The summed E-state index contributed by atoms with van der Waals surface area (Å²) in [6, 6.07) is 52.8. The molecule has 0 unspecified atom stereocenters. The van der Waals surface area contributed by atoms with E-state index >= 15 is 0 Å². The van der Waals surface area contributed by atoms with Gasteiger partial charge in [0.2, 0.25) is 0 Å². The number of nitrogens with zero attached hydrogens (tertiary/aromatic N) is 2. The van der Waals surface area contributed by atoms with Crippen LogP contribution < -0.4 is 0 Å². The fraction of sp³-hybridized carbons (Fsp3) is 0. The third-order valence-corrected chi connectivity index (χ3v) is 10.4. The van der Waals surface area contributed by atoms with Crippen LogP contribution in [0.15, 0.2) is 146 Å². The van der Waals surface area contributed by atoms with Gasteiger partial charge in [0.15, 0.2) is 5.65 Å². The van der Waals surface area contributed by atoms with E-state index in [1.807, 2.05) is 11.3 Å². The Labute approximate surface area is 262 Å². The van der Waals surface area contributed by atoms with Crippen molar-refractivity contribution in [1.82, 2.24) is 9.97 Å². The number of benzene rings is 7. The van der Waals surface area contributed by atoms with Crippen molar-refractivity contribution in [3.63, 3.8) is 0 Å². The molecule has 0 saturated carbocycles. The highest BCUT2D eigenvalue weighted by molar-refractivity contribution is 7.25. The number of rotatable bonds is 1. The molecule has 0 aliphatic rings. The molecule has 0 N–H and O–H groups in total. The standard InChI is InChI=1S/C42H24N2S/c1-2-12-31-28-21-19-25-18-20-26-8-6-15-34(40(26)35(25)23-28)42-43-36(29-10-5-9-27(22-29)30(31)11-1)24-37(44-42)32-14-7-17-39-41(32)33-13-3-4-16-38(33)45-39/h1-24H. The van der Waals surface area contributed by atoms with Crippen molar-refractivity contribution in [3.05, 3.63) is 146 Å². The molecular formula is C42H24N2S. The molecule has 10 rings (SSSR count). The predicted molar refractivity (Wildman–Crippen MR) is 194 cm³/mol. The van der Waals surface area contributed by atoms with Crippen LogP contribution in [0.25, 0.3) is 96.5 Å². The second-order valence-corrected chi connectivity index (χ2v) is 12.9. The molecule has 10 aromatic rings. The molecule has 3 aromatic heterocycles. The van der Waals surface area contributed by atoms with E-state index in [9.17, 15) is 0 Å². The Kier molecular flexibility index (Phi) is 5.19. The molecule has 2 nitrogen and oxygen atoms in total. The van der Waals surface area contributed by atoms with E-state index in [1.165, 1.54) is 63.3 Å².